The zero-order valence-electron chi connectivity index (χ0n) is 11.7. The van der Waals surface area contributed by atoms with E-state index in [1.807, 2.05) is 0 Å². The lowest BCUT2D eigenvalue weighted by molar-refractivity contribution is -0.119. The summed E-state index contributed by atoms with van der Waals surface area (Å²) in [6, 6.07) is 3.58. The van der Waals surface area contributed by atoms with E-state index in [4.69, 9.17) is 5.73 Å². The number of nitrogens with zero attached hydrogens (tertiary/aromatic N) is 4. The van der Waals surface area contributed by atoms with Crippen LogP contribution in [0.2, 0.25) is 0 Å². The van der Waals surface area contributed by atoms with Crippen molar-refractivity contribution < 1.29 is 4.79 Å². The summed E-state index contributed by atoms with van der Waals surface area (Å²) in [5.74, 6) is 0.522. The topological polar surface area (TPSA) is 98.7 Å². The van der Waals surface area contributed by atoms with Crippen molar-refractivity contribution in [2.75, 3.05) is 11.9 Å². The molecule has 3 rings (SSSR count). The molecule has 1 saturated carbocycles. The van der Waals surface area contributed by atoms with E-state index >= 15 is 0 Å². The highest BCUT2D eigenvalue weighted by Gasteiger charge is 2.37. The fourth-order valence-electron chi connectivity index (χ4n) is 2.66. The Morgan fingerprint density at radius 2 is 2.33 bits per heavy atom. The predicted octanol–water partition coefficient (Wildman–Crippen LogP) is 1.12. The highest BCUT2D eigenvalue weighted by Crippen LogP contribution is 2.43. The number of hydrogen-bond acceptors (Lipinski definition) is 5. The van der Waals surface area contributed by atoms with E-state index < -0.39 is 0 Å². The summed E-state index contributed by atoms with van der Waals surface area (Å²) in [4.78, 5) is 20.4. The molecule has 0 spiro atoms. The third-order valence-electron chi connectivity index (χ3n) is 4.08. The van der Waals surface area contributed by atoms with Crippen LogP contribution in [0.25, 0.3) is 5.82 Å². The number of rotatable bonds is 5. The van der Waals surface area contributed by atoms with Crippen molar-refractivity contribution in [2.24, 2.45) is 11.1 Å². The minimum Gasteiger partial charge on any atom is -0.330 e. The number of aromatic nitrogens is 4. The minimum atomic E-state index is -0.0329. The van der Waals surface area contributed by atoms with Crippen molar-refractivity contribution in [3.05, 3.63) is 31.0 Å². The number of carbonyl (C=O) groups excluding carboxylic acids is 1. The molecule has 2 aromatic rings. The van der Waals surface area contributed by atoms with Crippen LogP contribution < -0.4 is 11.1 Å². The molecule has 0 aliphatic heterocycles. The minimum absolute atomic E-state index is 0.0142. The molecule has 2 aromatic heterocycles. The summed E-state index contributed by atoms with van der Waals surface area (Å²) < 4.78 is 1.53. The zero-order valence-corrected chi connectivity index (χ0v) is 11.7. The summed E-state index contributed by atoms with van der Waals surface area (Å²) in [6.45, 7) is 0.559. The number of pyridine rings is 1. The lowest BCUT2D eigenvalue weighted by atomic mass is 9.66. The third kappa shape index (κ3) is 2.78. The summed E-state index contributed by atoms with van der Waals surface area (Å²) in [5.41, 5.74) is 6.41. The van der Waals surface area contributed by atoms with Gasteiger partial charge in [-0.1, -0.05) is 6.42 Å². The Morgan fingerprint density at radius 3 is 2.95 bits per heavy atom. The number of hydrogen-bond donors (Lipinski definition) is 2. The van der Waals surface area contributed by atoms with Crippen molar-refractivity contribution in [3.63, 3.8) is 0 Å². The molecule has 21 heavy (non-hydrogen) atoms. The molecule has 0 saturated heterocycles. The Morgan fingerprint density at radius 1 is 1.48 bits per heavy atom. The molecule has 1 aliphatic carbocycles. The monoisotopic (exact) mass is 286 g/mol. The van der Waals surface area contributed by atoms with Gasteiger partial charge in [-0.2, -0.15) is 5.10 Å². The van der Waals surface area contributed by atoms with E-state index in [0.29, 0.717) is 24.5 Å². The van der Waals surface area contributed by atoms with Gasteiger partial charge in [0.05, 0.1) is 5.69 Å². The zero-order chi connectivity index (χ0) is 14.7. The summed E-state index contributed by atoms with van der Waals surface area (Å²) >= 11 is 0. The maximum absolute atomic E-state index is 12.3. The van der Waals surface area contributed by atoms with Crippen LogP contribution in [0, 0.1) is 5.41 Å². The molecular formula is C14H18N6O. The molecule has 3 N–H and O–H groups in total. The second-order valence-electron chi connectivity index (χ2n) is 5.50. The van der Waals surface area contributed by atoms with Crippen molar-refractivity contribution in [2.45, 2.75) is 25.7 Å². The lowest BCUT2D eigenvalue weighted by Gasteiger charge is -2.40. The van der Waals surface area contributed by atoms with Gasteiger partial charge in [-0.05, 0) is 36.9 Å². The van der Waals surface area contributed by atoms with Gasteiger partial charge in [0.2, 0.25) is 5.91 Å². The molecule has 0 bridgehead atoms. The molecule has 110 valence electrons. The molecule has 7 nitrogen and oxygen atoms in total. The van der Waals surface area contributed by atoms with Gasteiger partial charge in [0.25, 0.3) is 0 Å². The van der Waals surface area contributed by atoms with Crippen LogP contribution in [0.5, 0.6) is 0 Å². The van der Waals surface area contributed by atoms with Crippen LogP contribution in [0.3, 0.4) is 0 Å². The first-order chi connectivity index (χ1) is 10.2. The van der Waals surface area contributed by atoms with Gasteiger partial charge in [-0.25, -0.2) is 14.6 Å². The van der Waals surface area contributed by atoms with E-state index in [1.165, 1.54) is 11.0 Å². The normalized spacial score (nSPS) is 16.2. The average Bonchev–Trinajstić information content (AvgIpc) is 2.97. The quantitative estimate of drug-likeness (QED) is 0.858. The number of nitrogens with two attached hydrogens (primary N) is 1. The van der Waals surface area contributed by atoms with Crippen LogP contribution in [0.15, 0.2) is 31.0 Å². The Hall–Kier alpha value is -2.28. The molecule has 0 aromatic carbocycles. The highest BCUT2D eigenvalue weighted by atomic mass is 16.1. The van der Waals surface area contributed by atoms with Gasteiger partial charge >= 0.3 is 0 Å². The van der Waals surface area contributed by atoms with Crippen molar-refractivity contribution >= 4 is 11.6 Å². The molecule has 1 amide bonds. The van der Waals surface area contributed by atoms with Gasteiger partial charge in [0, 0.05) is 12.6 Å². The van der Waals surface area contributed by atoms with E-state index in [2.05, 4.69) is 20.4 Å². The average molecular weight is 286 g/mol. The van der Waals surface area contributed by atoms with Crippen molar-refractivity contribution in [1.29, 1.82) is 0 Å². The fourth-order valence-corrected chi connectivity index (χ4v) is 2.66. The van der Waals surface area contributed by atoms with Gasteiger partial charge < -0.3 is 11.1 Å². The molecule has 0 atom stereocenters. The van der Waals surface area contributed by atoms with Crippen LogP contribution in [0.4, 0.5) is 5.69 Å². The standard InChI is InChI=1S/C14H18N6O/c15-8-14(4-2-5-14)7-12(21)19-11-3-1-6-17-13(11)20-10-16-9-18-20/h1,3,6,9-10H,2,4-5,7-8,15H2,(H,19,21). The Balaban J connectivity index is 1.75. The molecule has 1 fully saturated rings. The first kappa shape index (κ1) is 13.7. The van der Waals surface area contributed by atoms with E-state index in [-0.39, 0.29) is 11.3 Å². The second-order valence-corrected chi connectivity index (χ2v) is 5.50. The third-order valence-corrected chi connectivity index (χ3v) is 4.08. The van der Waals surface area contributed by atoms with Crippen LogP contribution in [0.1, 0.15) is 25.7 Å². The number of anilines is 1. The first-order valence-corrected chi connectivity index (χ1v) is 7.02. The summed E-state index contributed by atoms with van der Waals surface area (Å²) in [6.07, 6.45) is 8.29. The van der Waals surface area contributed by atoms with Gasteiger partial charge in [-0.3, -0.25) is 4.79 Å². The molecule has 7 heteroatoms. The summed E-state index contributed by atoms with van der Waals surface area (Å²) in [5, 5.41) is 6.96. The van der Waals surface area contributed by atoms with Gasteiger partial charge in [0.15, 0.2) is 5.82 Å². The molecule has 2 heterocycles. The Labute approximate surface area is 122 Å². The SMILES string of the molecule is NCC1(CC(=O)Nc2cccnc2-n2cncn2)CCC1. The predicted molar refractivity (Wildman–Crippen MR) is 77.7 cm³/mol. The van der Waals surface area contributed by atoms with Crippen molar-refractivity contribution in [3.8, 4) is 5.82 Å². The molecule has 0 unspecified atom stereocenters. The van der Waals surface area contributed by atoms with E-state index in [9.17, 15) is 4.79 Å². The number of nitrogens with one attached hydrogen (secondary N) is 1. The fraction of sp³-hybridized carbons (Fsp3) is 0.429. The molecular weight excluding hydrogens is 268 g/mol. The summed E-state index contributed by atoms with van der Waals surface area (Å²) in [7, 11) is 0. The van der Waals surface area contributed by atoms with E-state index in [0.717, 1.165) is 19.3 Å². The maximum atomic E-state index is 12.3. The lowest BCUT2D eigenvalue weighted by Crippen LogP contribution is -2.40. The van der Waals surface area contributed by atoms with Crippen LogP contribution in [-0.4, -0.2) is 32.2 Å². The Bertz CT molecular complexity index is 615. The van der Waals surface area contributed by atoms with E-state index in [1.54, 1.807) is 24.7 Å². The second kappa shape index (κ2) is 5.61. The van der Waals surface area contributed by atoms with Gasteiger partial charge in [0.1, 0.15) is 12.7 Å². The van der Waals surface area contributed by atoms with Crippen LogP contribution >= 0.6 is 0 Å². The Kier molecular flexibility index (Phi) is 3.66. The van der Waals surface area contributed by atoms with Crippen LogP contribution in [-0.2, 0) is 4.79 Å². The number of carbonyl (C=O) groups is 1. The largest absolute Gasteiger partial charge is 0.330 e. The first-order valence-electron chi connectivity index (χ1n) is 7.02. The smallest absolute Gasteiger partial charge is 0.225 e. The van der Waals surface area contributed by atoms with Gasteiger partial charge in [-0.15, -0.1) is 0 Å². The van der Waals surface area contributed by atoms with Crippen molar-refractivity contribution in [1.82, 2.24) is 19.7 Å². The molecule has 0 radical (unpaired) electrons. The highest BCUT2D eigenvalue weighted by molar-refractivity contribution is 5.92. The number of amides is 1. The molecule has 1 aliphatic rings. The maximum Gasteiger partial charge on any atom is 0.225 e.